The van der Waals surface area contributed by atoms with Gasteiger partial charge >= 0.3 is 0 Å². The second kappa shape index (κ2) is 11.9. The van der Waals surface area contributed by atoms with Gasteiger partial charge in [-0.3, -0.25) is 14.8 Å². The van der Waals surface area contributed by atoms with Crippen LogP contribution >= 0.6 is 0 Å². The number of para-hydroxylation sites is 2. The zero-order chi connectivity index (χ0) is 25.4. The Morgan fingerprint density at radius 2 is 1.74 bits per heavy atom. The van der Waals surface area contributed by atoms with Crippen molar-refractivity contribution in [3.8, 4) is 17.2 Å². The Balaban J connectivity index is 1.91. The number of carbonyl (C=O) groups is 1. The number of guanidine groups is 1. The average Bonchev–Trinajstić information content (AvgIpc) is 3.09. The monoisotopic (exact) mass is 479 g/mol. The molecule has 0 fully saturated rings. The van der Waals surface area contributed by atoms with E-state index in [9.17, 15) is 4.79 Å². The second-order valence-electron chi connectivity index (χ2n) is 7.74. The van der Waals surface area contributed by atoms with E-state index < -0.39 is 0 Å². The average molecular weight is 480 g/mol. The topological polar surface area (TPSA) is 99.0 Å². The molecule has 0 aliphatic rings. The highest BCUT2D eigenvalue weighted by Crippen LogP contribution is 2.29. The Hall–Kier alpha value is -4.01. The fourth-order valence-electron chi connectivity index (χ4n) is 3.56. The molecule has 0 atom stereocenters. The quantitative estimate of drug-likeness (QED) is 0.352. The van der Waals surface area contributed by atoms with Crippen molar-refractivity contribution in [2.24, 2.45) is 12.0 Å². The third-order valence-corrected chi connectivity index (χ3v) is 5.45. The summed E-state index contributed by atoms with van der Waals surface area (Å²) in [6.45, 7) is 9.01. The van der Waals surface area contributed by atoms with Crippen molar-refractivity contribution in [3.05, 3.63) is 65.0 Å². The van der Waals surface area contributed by atoms with Crippen LogP contribution in [0.1, 0.15) is 41.2 Å². The molecule has 3 rings (SSSR count). The molecule has 0 bridgehead atoms. The van der Waals surface area contributed by atoms with Gasteiger partial charge in [0.2, 0.25) is 5.96 Å². The number of aryl methyl sites for hydroxylation is 2. The van der Waals surface area contributed by atoms with Crippen molar-refractivity contribution >= 4 is 17.6 Å². The standard InChI is InChI=1S/C26H33N5O4/c1-7-34-23-14-13-19(15-24(23)35-8-2)25(32)29-26(28-21-11-9-10-12-22(21)33-6)27-16-20-17(3)30-31(5)18(20)4/h9-15H,7-8,16H2,1-6H3,(H2,27,28,29,32). The maximum absolute atomic E-state index is 13.2. The molecule has 2 aromatic carbocycles. The number of methoxy groups -OCH3 is 1. The van der Waals surface area contributed by atoms with Gasteiger partial charge < -0.3 is 19.5 Å². The number of benzene rings is 2. The fourth-order valence-corrected chi connectivity index (χ4v) is 3.56. The van der Waals surface area contributed by atoms with E-state index in [4.69, 9.17) is 14.2 Å². The summed E-state index contributed by atoms with van der Waals surface area (Å²) in [6.07, 6.45) is 0. The molecule has 0 radical (unpaired) electrons. The largest absolute Gasteiger partial charge is 0.495 e. The third kappa shape index (κ3) is 6.32. The minimum Gasteiger partial charge on any atom is -0.495 e. The van der Waals surface area contributed by atoms with Crippen LogP contribution in [0.15, 0.2) is 47.5 Å². The van der Waals surface area contributed by atoms with Gasteiger partial charge in [-0.2, -0.15) is 5.10 Å². The Kier molecular flexibility index (Phi) is 8.72. The third-order valence-electron chi connectivity index (χ3n) is 5.45. The van der Waals surface area contributed by atoms with E-state index in [1.54, 1.807) is 25.3 Å². The number of hydrogen-bond donors (Lipinski definition) is 2. The van der Waals surface area contributed by atoms with E-state index in [-0.39, 0.29) is 11.9 Å². The van der Waals surface area contributed by atoms with E-state index in [2.05, 4.69) is 20.7 Å². The van der Waals surface area contributed by atoms with Gasteiger partial charge in [-0.15, -0.1) is 0 Å². The summed E-state index contributed by atoms with van der Waals surface area (Å²) >= 11 is 0. The first-order chi connectivity index (χ1) is 16.9. The normalized spacial score (nSPS) is 11.2. The molecule has 0 spiro atoms. The molecule has 3 aromatic rings. The smallest absolute Gasteiger partial charge is 0.258 e. The van der Waals surface area contributed by atoms with Crippen LogP contribution in [-0.4, -0.2) is 42.0 Å². The molecule has 1 heterocycles. The SMILES string of the molecule is CCOc1ccc(C(=O)NC(=NCc2c(C)nn(C)c2C)Nc2ccccc2OC)cc1OCC. The molecule has 0 unspecified atom stereocenters. The predicted octanol–water partition coefficient (Wildman–Crippen LogP) is 4.24. The highest BCUT2D eigenvalue weighted by molar-refractivity contribution is 6.10. The summed E-state index contributed by atoms with van der Waals surface area (Å²) in [5, 5.41) is 10.5. The number of nitrogens with zero attached hydrogens (tertiary/aromatic N) is 3. The van der Waals surface area contributed by atoms with E-state index in [0.29, 0.717) is 48.3 Å². The summed E-state index contributed by atoms with van der Waals surface area (Å²) < 4.78 is 18.5. The van der Waals surface area contributed by atoms with Gasteiger partial charge in [0.25, 0.3) is 5.91 Å². The van der Waals surface area contributed by atoms with Crippen LogP contribution in [0.25, 0.3) is 0 Å². The summed E-state index contributed by atoms with van der Waals surface area (Å²) in [6, 6.07) is 12.5. The molecular formula is C26H33N5O4. The maximum Gasteiger partial charge on any atom is 0.258 e. The van der Waals surface area contributed by atoms with Gasteiger partial charge in [0.15, 0.2) is 11.5 Å². The Labute approximate surface area is 206 Å². The van der Waals surface area contributed by atoms with Crippen LogP contribution < -0.4 is 24.8 Å². The molecule has 35 heavy (non-hydrogen) atoms. The second-order valence-corrected chi connectivity index (χ2v) is 7.74. The highest BCUT2D eigenvalue weighted by atomic mass is 16.5. The van der Waals surface area contributed by atoms with Crippen LogP contribution in [0, 0.1) is 13.8 Å². The molecule has 2 N–H and O–H groups in total. The number of hydrogen-bond acceptors (Lipinski definition) is 6. The number of nitrogens with one attached hydrogen (secondary N) is 2. The van der Waals surface area contributed by atoms with Crippen molar-refractivity contribution in [3.63, 3.8) is 0 Å². The number of aliphatic imine (C=N–C) groups is 1. The van der Waals surface area contributed by atoms with Gasteiger partial charge in [-0.1, -0.05) is 12.1 Å². The number of rotatable bonds is 9. The molecule has 0 saturated heterocycles. The lowest BCUT2D eigenvalue weighted by Crippen LogP contribution is -2.36. The summed E-state index contributed by atoms with van der Waals surface area (Å²) in [7, 11) is 3.49. The fraction of sp³-hybridized carbons (Fsp3) is 0.346. The van der Waals surface area contributed by atoms with Gasteiger partial charge in [0.1, 0.15) is 5.75 Å². The van der Waals surface area contributed by atoms with Crippen molar-refractivity contribution in [1.82, 2.24) is 15.1 Å². The van der Waals surface area contributed by atoms with Gasteiger partial charge in [0, 0.05) is 23.9 Å². The van der Waals surface area contributed by atoms with Gasteiger partial charge in [0.05, 0.1) is 38.2 Å². The number of aromatic nitrogens is 2. The molecule has 1 amide bonds. The first kappa shape index (κ1) is 25.6. The van der Waals surface area contributed by atoms with E-state index in [1.165, 1.54) is 0 Å². The summed E-state index contributed by atoms with van der Waals surface area (Å²) in [5.74, 6) is 1.68. The molecule has 1 aromatic heterocycles. The maximum atomic E-state index is 13.2. The van der Waals surface area contributed by atoms with Crippen LogP contribution in [0.2, 0.25) is 0 Å². The van der Waals surface area contributed by atoms with E-state index in [1.807, 2.05) is 63.7 Å². The lowest BCUT2D eigenvalue weighted by Gasteiger charge is -2.15. The number of ether oxygens (including phenoxy) is 3. The molecule has 0 aliphatic heterocycles. The summed E-state index contributed by atoms with van der Waals surface area (Å²) in [5.41, 5.74) is 4.00. The molecular weight excluding hydrogens is 446 g/mol. The Morgan fingerprint density at radius 1 is 1.03 bits per heavy atom. The zero-order valence-corrected chi connectivity index (χ0v) is 21.1. The molecule has 0 saturated carbocycles. The molecule has 186 valence electrons. The van der Waals surface area contributed by atoms with Crippen LogP contribution in [-0.2, 0) is 13.6 Å². The van der Waals surface area contributed by atoms with E-state index in [0.717, 1.165) is 17.0 Å². The van der Waals surface area contributed by atoms with E-state index >= 15 is 0 Å². The Bertz CT molecular complexity index is 1200. The van der Waals surface area contributed by atoms with Crippen LogP contribution in [0.3, 0.4) is 0 Å². The van der Waals surface area contributed by atoms with Gasteiger partial charge in [-0.25, -0.2) is 4.99 Å². The molecule has 0 aliphatic carbocycles. The summed E-state index contributed by atoms with van der Waals surface area (Å²) in [4.78, 5) is 17.9. The predicted molar refractivity (Wildman–Crippen MR) is 137 cm³/mol. The van der Waals surface area contributed by atoms with Crippen LogP contribution in [0.4, 0.5) is 5.69 Å². The number of amides is 1. The minimum absolute atomic E-state index is 0.286. The van der Waals surface area contributed by atoms with Crippen LogP contribution in [0.5, 0.6) is 17.2 Å². The first-order valence-corrected chi connectivity index (χ1v) is 11.5. The lowest BCUT2D eigenvalue weighted by molar-refractivity contribution is 0.0976. The molecule has 9 heteroatoms. The van der Waals surface area contributed by atoms with Crippen molar-refractivity contribution in [2.45, 2.75) is 34.2 Å². The minimum atomic E-state index is -0.338. The zero-order valence-electron chi connectivity index (χ0n) is 21.1. The van der Waals surface area contributed by atoms with Crippen molar-refractivity contribution < 1.29 is 19.0 Å². The molecule has 9 nitrogen and oxygen atoms in total. The van der Waals surface area contributed by atoms with Gasteiger partial charge in [-0.05, 0) is 58.0 Å². The highest BCUT2D eigenvalue weighted by Gasteiger charge is 2.16. The van der Waals surface area contributed by atoms with Crippen molar-refractivity contribution in [1.29, 1.82) is 0 Å². The lowest BCUT2D eigenvalue weighted by atomic mass is 10.2. The number of carbonyl (C=O) groups excluding carboxylic acids is 1. The first-order valence-electron chi connectivity index (χ1n) is 11.5. The number of anilines is 1. The van der Waals surface area contributed by atoms with Crippen molar-refractivity contribution in [2.75, 3.05) is 25.6 Å². The Morgan fingerprint density at radius 3 is 2.40 bits per heavy atom.